The van der Waals surface area contributed by atoms with E-state index in [0.717, 1.165) is 12.0 Å². The van der Waals surface area contributed by atoms with Crippen molar-refractivity contribution in [2.45, 2.75) is 26.2 Å². The number of rotatable bonds is 7. The summed E-state index contributed by atoms with van der Waals surface area (Å²) in [6.45, 7) is 1.81. The van der Waals surface area contributed by atoms with Crippen LogP contribution in [0.4, 0.5) is 5.69 Å². The van der Waals surface area contributed by atoms with Gasteiger partial charge in [0.25, 0.3) is 11.8 Å². The van der Waals surface area contributed by atoms with Crippen LogP contribution in [0, 0.1) is 6.92 Å². The molecule has 0 bridgehead atoms. The van der Waals surface area contributed by atoms with Crippen LogP contribution in [0.15, 0.2) is 52.0 Å². The third kappa shape index (κ3) is 4.98. The van der Waals surface area contributed by atoms with E-state index in [1.165, 1.54) is 7.11 Å². The molecule has 2 N–H and O–H groups in total. The van der Waals surface area contributed by atoms with Crippen LogP contribution in [0.5, 0.6) is 17.2 Å². The number of fused-ring (bicyclic) bond motifs is 1. The van der Waals surface area contributed by atoms with Crippen molar-refractivity contribution in [1.82, 2.24) is 5.43 Å². The molecule has 0 atom stereocenters. The number of hydrogen-bond donors (Lipinski definition) is 2. The van der Waals surface area contributed by atoms with Crippen LogP contribution in [0.1, 0.15) is 50.6 Å². The molecule has 2 aromatic carbocycles. The lowest BCUT2D eigenvalue weighted by Crippen LogP contribution is -2.22. The van der Waals surface area contributed by atoms with Crippen molar-refractivity contribution in [2.24, 2.45) is 5.10 Å². The second-order valence-electron chi connectivity index (χ2n) is 7.96. The van der Waals surface area contributed by atoms with Gasteiger partial charge in [0.15, 0.2) is 5.76 Å². The molecule has 1 aliphatic carbocycles. The third-order valence-corrected chi connectivity index (χ3v) is 5.81. The van der Waals surface area contributed by atoms with E-state index in [9.17, 15) is 9.59 Å². The van der Waals surface area contributed by atoms with E-state index in [4.69, 9.17) is 18.6 Å². The number of carbonyl (C=O) groups is 2. The molecule has 0 fully saturated rings. The van der Waals surface area contributed by atoms with E-state index >= 15 is 0 Å². The summed E-state index contributed by atoms with van der Waals surface area (Å²) >= 11 is 0. The number of amides is 2. The lowest BCUT2D eigenvalue weighted by Gasteiger charge is -2.13. The van der Waals surface area contributed by atoms with E-state index < -0.39 is 5.91 Å². The number of anilines is 1. The van der Waals surface area contributed by atoms with Crippen LogP contribution in [0.3, 0.4) is 0 Å². The first-order chi connectivity index (χ1) is 16.9. The van der Waals surface area contributed by atoms with Gasteiger partial charge < -0.3 is 23.9 Å². The Kier molecular flexibility index (Phi) is 7.05. The topological polar surface area (TPSA) is 111 Å². The van der Waals surface area contributed by atoms with Gasteiger partial charge in [0.1, 0.15) is 23.0 Å². The molecule has 9 heteroatoms. The predicted octanol–water partition coefficient (Wildman–Crippen LogP) is 4.34. The number of benzene rings is 2. The molecule has 0 unspecified atom stereocenters. The van der Waals surface area contributed by atoms with Gasteiger partial charge in [-0.2, -0.15) is 5.10 Å². The smallest absolute Gasteiger partial charge is 0.291 e. The largest absolute Gasteiger partial charge is 0.497 e. The highest BCUT2D eigenvalue weighted by Crippen LogP contribution is 2.32. The van der Waals surface area contributed by atoms with Crippen LogP contribution in [-0.4, -0.2) is 38.9 Å². The van der Waals surface area contributed by atoms with Crippen molar-refractivity contribution < 1.29 is 28.2 Å². The van der Waals surface area contributed by atoms with E-state index in [1.807, 2.05) is 6.92 Å². The quantitative estimate of drug-likeness (QED) is 0.490. The number of hydrogen-bond acceptors (Lipinski definition) is 7. The zero-order chi connectivity index (χ0) is 24.9. The van der Waals surface area contributed by atoms with E-state index in [0.29, 0.717) is 58.4 Å². The first-order valence-corrected chi connectivity index (χ1v) is 11.1. The Bertz CT molecular complexity index is 1290. The molecule has 3 aromatic rings. The molecule has 35 heavy (non-hydrogen) atoms. The summed E-state index contributed by atoms with van der Waals surface area (Å²) in [6, 6.07) is 11.9. The van der Waals surface area contributed by atoms with Crippen LogP contribution in [-0.2, 0) is 6.42 Å². The number of carbonyl (C=O) groups excluding carboxylic acids is 2. The SMILES string of the molecule is COc1cccc(C(=O)N/N=C2\CCCc3oc(C(=O)Nc4ccc(OC)cc4OC)c(C)c32)c1. The van der Waals surface area contributed by atoms with Crippen molar-refractivity contribution in [3.05, 3.63) is 70.7 Å². The predicted molar refractivity (Wildman–Crippen MR) is 131 cm³/mol. The molecule has 1 aliphatic rings. The number of ether oxygens (including phenoxy) is 3. The first kappa shape index (κ1) is 23.9. The summed E-state index contributed by atoms with van der Waals surface area (Å²) in [5, 5.41) is 7.21. The molecule has 1 aromatic heterocycles. The highest BCUT2D eigenvalue weighted by atomic mass is 16.5. The molecule has 4 rings (SSSR count). The maximum Gasteiger partial charge on any atom is 0.291 e. The van der Waals surface area contributed by atoms with Crippen LogP contribution in [0.2, 0.25) is 0 Å². The summed E-state index contributed by atoms with van der Waals surface area (Å²) in [5.74, 6) is 1.78. The van der Waals surface area contributed by atoms with Crippen LogP contribution in [0.25, 0.3) is 0 Å². The number of methoxy groups -OCH3 is 3. The molecule has 0 radical (unpaired) electrons. The highest BCUT2D eigenvalue weighted by molar-refractivity contribution is 6.10. The number of furan rings is 1. The summed E-state index contributed by atoms with van der Waals surface area (Å²) in [6.07, 6.45) is 2.12. The van der Waals surface area contributed by atoms with Crippen molar-refractivity contribution in [3.63, 3.8) is 0 Å². The van der Waals surface area contributed by atoms with Gasteiger partial charge in [0, 0.05) is 29.2 Å². The zero-order valence-electron chi connectivity index (χ0n) is 20.1. The average molecular weight is 478 g/mol. The minimum Gasteiger partial charge on any atom is -0.497 e. The molecule has 9 nitrogen and oxygen atoms in total. The lowest BCUT2D eigenvalue weighted by atomic mass is 9.93. The second-order valence-corrected chi connectivity index (χ2v) is 7.96. The molecule has 0 saturated heterocycles. The monoisotopic (exact) mass is 477 g/mol. The van der Waals surface area contributed by atoms with Gasteiger partial charge >= 0.3 is 0 Å². The Labute approximate surface area is 203 Å². The van der Waals surface area contributed by atoms with Crippen molar-refractivity contribution in [1.29, 1.82) is 0 Å². The van der Waals surface area contributed by atoms with Crippen LogP contribution >= 0.6 is 0 Å². The Morgan fingerprint density at radius 2 is 1.71 bits per heavy atom. The maximum absolute atomic E-state index is 13.1. The fraction of sp³-hybridized carbons (Fsp3) is 0.269. The normalized spacial score (nSPS) is 13.7. The van der Waals surface area contributed by atoms with Gasteiger partial charge in [-0.25, -0.2) is 5.43 Å². The minimum atomic E-state index is -0.403. The Balaban J connectivity index is 1.56. The fourth-order valence-corrected chi connectivity index (χ4v) is 4.02. The Hall–Kier alpha value is -4.27. The summed E-state index contributed by atoms with van der Waals surface area (Å²) < 4.78 is 21.7. The highest BCUT2D eigenvalue weighted by Gasteiger charge is 2.28. The summed E-state index contributed by atoms with van der Waals surface area (Å²) in [5.41, 5.74) is 5.64. The molecule has 0 aliphatic heterocycles. The Morgan fingerprint density at radius 1 is 0.943 bits per heavy atom. The van der Waals surface area contributed by atoms with Crippen molar-refractivity contribution in [2.75, 3.05) is 26.6 Å². The molecule has 0 spiro atoms. The minimum absolute atomic E-state index is 0.196. The standard InChI is InChI=1S/C26H27N3O6/c1-15-23-20(28-29-25(30)16-7-5-8-17(13-16)32-2)9-6-10-21(23)35-24(15)26(31)27-19-12-11-18(33-3)14-22(19)34-4/h5,7-8,11-14H,6,9-10H2,1-4H3,(H,27,31)(H,29,30)/b28-20+. The molecule has 2 amide bonds. The second kappa shape index (κ2) is 10.3. The van der Waals surface area contributed by atoms with Gasteiger partial charge in [0.2, 0.25) is 0 Å². The van der Waals surface area contributed by atoms with E-state index in [-0.39, 0.29) is 11.7 Å². The lowest BCUT2D eigenvalue weighted by molar-refractivity contribution is 0.0953. The average Bonchev–Trinajstić information content (AvgIpc) is 3.24. The summed E-state index contributed by atoms with van der Waals surface area (Å²) in [4.78, 5) is 25.7. The molecule has 1 heterocycles. The van der Waals surface area contributed by atoms with Gasteiger partial charge in [-0.1, -0.05) is 6.07 Å². The number of nitrogens with zero attached hydrogens (tertiary/aromatic N) is 1. The van der Waals surface area contributed by atoms with E-state index in [2.05, 4.69) is 15.8 Å². The number of aryl methyl sites for hydroxylation is 1. The van der Waals surface area contributed by atoms with Crippen LogP contribution < -0.4 is 25.0 Å². The fourth-order valence-electron chi connectivity index (χ4n) is 4.02. The van der Waals surface area contributed by atoms with Gasteiger partial charge in [0.05, 0.1) is 32.7 Å². The molecule has 182 valence electrons. The maximum atomic E-state index is 13.1. The molecule has 0 saturated carbocycles. The molecular formula is C26H27N3O6. The van der Waals surface area contributed by atoms with Gasteiger partial charge in [-0.15, -0.1) is 0 Å². The van der Waals surface area contributed by atoms with Crippen molar-refractivity contribution >= 4 is 23.2 Å². The first-order valence-electron chi connectivity index (χ1n) is 11.1. The number of nitrogens with one attached hydrogen (secondary N) is 2. The van der Waals surface area contributed by atoms with Crippen molar-refractivity contribution in [3.8, 4) is 17.2 Å². The number of hydrazone groups is 1. The third-order valence-electron chi connectivity index (χ3n) is 5.81. The molecular weight excluding hydrogens is 450 g/mol. The Morgan fingerprint density at radius 3 is 2.46 bits per heavy atom. The van der Waals surface area contributed by atoms with Gasteiger partial charge in [-0.05, 0) is 50.1 Å². The van der Waals surface area contributed by atoms with Gasteiger partial charge in [-0.3, -0.25) is 9.59 Å². The van der Waals surface area contributed by atoms with E-state index in [1.54, 1.807) is 56.7 Å². The zero-order valence-corrected chi connectivity index (χ0v) is 20.1. The summed E-state index contributed by atoms with van der Waals surface area (Å²) in [7, 11) is 4.62.